The summed E-state index contributed by atoms with van der Waals surface area (Å²) in [6, 6.07) is 11.3. The Kier molecular flexibility index (Phi) is 4.24. The van der Waals surface area contributed by atoms with Crippen molar-refractivity contribution < 1.29 is 13.6 Å². The highest BCUT2D eigenvalue weighted by Crippen LogP contribution is 2.24. The van der Waals surface area contributed by atoms with Gasteiger partial charge >= 0.3 is 0 Å². The minimum Gasteiger partial charge on any atom is -0.457 e. The van der Waals surface area contributed by atoms with Gasteiger partial charge in [-0.05, 0) is 49.2 Å². The Morgan fingerprint density at radius 2 is 1.87 bits per heavy atom. The van der Waals surface area contributed by atoms with Crippen LogP contribution in [0.3, 0.4) is 0 Å². The molecular formula is C18H15FN2O2. The lowest BCUT2D eigenvalue weighted by molar-refractivity contribution is -0.125. The third-order valence-corrected chi connectivity index (χ3v) is 3.79. The van der Waals surface area contributed by atoms with E-state index in [0.717, 1.165) is 18.4 Å². The van der Waals surface area contributed by atoms with Crippen LogP contribution in [0.4, 0.5) is 4.39 Å². The Hall–Kier alpha value is -2.87. The number of carbonyl (C=O) groups is 1. The van der Waals surface area contributed by atoms with E-state index in [9.17, 15) is 14.4 Å². The molecule has 0 spiro atoms. The number of benzene rings is 1. The zero-order valence-electron chi connectivity index (χ0n) is 12.5. The number of nitrogens with zero attached hydrogens (tertiary/aromatic N) is 2. The standard InChI is InChI=1S/C18H15FN2O2/c19-15-5-3-13(4-6-15)17-8-7-16(23-17)11-14(12-20)18(22)21-9-1-2-10-21/h3-8,11H,1-2,9-10H2. The van der Waals surface area contributed by atoms with Crippen LogP contribution in [-0.2, 0) is 4.79 Å². The molecule has 0 unspecified atom stereocenters. The molecule has 1 aliphatic heterocycles. The van der Waals surface area contributed by atoms with E-state index in [1.54, 1.807) is 29.2 Å². The smallest absolute Gasteiger partial charge is 0.264 e. The van der Waals surface area contributed by atoms with E-state index in [4.69, 9.17) is 4.42 Å². The number of halogens is 1. The minimum atomic E-state index is -0.316. The van der Waals surface area contributed by atoms with Gasteiger partial charge in [-0.2, -0.15) is 5.26 Å². The number of hydrogen-bond acceptors (Lipinski definition) is 3. The van der Waals surface area contributed by atoms with Crippen molar-refractivity contribution in [3.63, 3.8) is 0 Å². The molecule has 0 aliphatic carbocycles. The first-order chi connectivity index (χ1) is 11.2. The van der Waals surface area contributed by atoms with E-state index >= 15 is 0 Å². The van der Waals surface area contributed by atoms with E-state index in [0.29, 0.717) is 24.6 Å². The lowest BCUT2D eigenvalue weighted by Crippen LogP contribution is -2.28. The first kappa shape index (κ1) is 15.0. The van der Waals surface area contributed by atoms with E-state index in [1.807, 2.05) is 6.07 Å². The lowest BCUT2D eigenvalue weighted by atomic mass is 10.2. The van der Waals surface area contributed by atoms with Gasteiger partial charge in [0.2, 0.25) is 0 Å². The summed E-state index contributed by atoms with van der Waals surface area (Å²) in [6.45, 7) is 1.38. The van der Waals surface area contributed by atoms with Crippen LogP contribution < -0.4 is 0 Å². The van der Waals surface area contributed by atoms with Crippen LogP contribution in [0.1, 0.15) is 18.6 Å². The minimum absolute atomic E-state index is 0.0620. The van der Waals surface area contributed by atoms with Crippen molar-refractivity contribution in [1.82, 2.24) is 4.90 Å². The summed E-state index contributed by atoms with van der Waals surface area (Å²) in [7, 11) is 0. The topological polar surface area (TPSA) is 57.2 Å². The first-order valence-corrected chi connectivity index (χ1v) is 7.44. The van der Waals surface area contributed by atoms with Gasteiger partial charge in [-0.3, -0.25) is 4.79 Å². The van der Waals surface area contributed by atoms with Crippen LogP contribution in [0.2, 0.25) is 0 Å². The van der Waals surface area contributed by atoms with Gasteiger partial charge in [0, 0.05) is 24.7 Å². The summed E-state index contributed by atoms with van der Waals surface area (Å²) in [6.07, 6.45) is 3.40. The average molecular weight is 310 g/mol. The zero-order valence-corrected chi connectivity index (χ0v) is 12.5. The van der Waals surface area contributed by atoms with Gasteiger partial charge < -0.3 is 9.32 Å². The second-order valence-corrected chi connectivity index (χ2v) is 5.38. The molecule has 4 nitrogen and oxygen atoms in total. The van der Waals surface area contributed by atoms with E-state index < -0.39 is 0 Å². The average Bonchev–Trinajstić information content (AvgIpc) is 3.24. The van der Waals surface area contributed by atoms with Gasteiger partial charge in [0.1, 0.15) is 29.0 Å². The van der Waals surface area contributed by atoms with Crippen LogP contribution in [-0.4, -0.2) is 23.9 Å². The van der Waals surface area contributed by atoms with Crippen molar-refractivity contribution in [2.24, 2.45) is 0 Å². The summed E-state index contributed by atoms with van der Waals surface area (Å²) in [5.74, 6) is 0.406. The number of carbonyl (C=O) groups excluding carboxylic acids is 1. The van der Waals surface area contributed by atoms with Crippen molar-refractivity contribution in [3.05, 3.63) is 53.5 Å². The van der Waals surface area contributed by atoms with Crippen LogP contribution in [0.25, 0.3) is 17.4 Å². The number of hydrogen-bond donors (Lipinski definition) is 0. The summed E-state index contributed by atoms with van der Waals surface area (Å²) >= 11 is 0. The highest BCUT2D eigenvalue weighted by atomic mass is 19.1. The first-order valence-electron chi connectivity index (χ1n) is 7.44. The van der Waals surface area contributed by atoms with Crippen LogP contribution in [0.15, 0.2) is 46.4 Å². The van der Waals surface area contributed by atoms with Gasteiger partial charge in [0.15, 0.2) is 0 Å². The normalized spacial score (nSPS) is 14.8. The van der Waals surface area contributed by atoms with Crippen molar-refractivity contribution in [1.29, 1.82) is 5.26 Å². The fraction of sp³-hybridized carbons (Fsp3) is 0.222. The summed E-state index contributed by atoms with van der Waals surface area (Å²) < 4.78 is 18.6. The van der Waals surface area contributed by atoms with Crippen molar-refractivity contribution >= 4 is 12.0 Å². The summed E-state index contributed by atoms with van der Waals surface area (Å²) in [5, 5.41) is 9.22. The monoisotopic (exact) mass is 310 g/mol. The quantitative estimate of drug-likeness (QED) is 0.642. The highest BCUT2D eigenvalue weighted by Gasteiger charge is 2.21. The van der Waals surface area contributed by atoms with Gasteiger partial charge in [-0.25, -0.2) is 4.39 Å². The Labute approximate surface area is 133 Å². The maximum atomic E-state index is 12.9. The molecule has 1 fully saturated rings. The predicted octanol–water partition coefficient (Wildman–Crippen LogP) is 3.62. The maximum Gasteiger partial charge on any atom is 0.264 e. The number of nitriles is 1. The molecule has 23 heavy (non-hydrogen) atoms. The van der Waals surface area contributed by atoms with Crippen LogP contribution >= 0.6 is 0 Å². The molecule has 1 saturated heterocycles. The molecule has 0 atom stereocenters. The molecule has 0 radical (unpaired) electrons. The van der Waals surface area contributed by atoms with Crippen LogP contribution in [0.5, 0.6) is 0 Å². The number of amides is 1. The Morgan fingerprint density at radius 1 is 1.17 bits per heavy atom. The molecule has 1 aromatic carbocycles. The molecular weight excluding hydrogens is 295 g/mol. The second kappa shape index (κ2) is 6.49. The molecule has 2 aromatic rings. The summed E-state index contributed by atoms with van der Waals surface area (Å²) in [5.41, 5.74) is 0.794. The van der Waals surface area contributed by atoms with E-state index in [-0.39, 0.29) is 17.3 Å². The highest BCUT2D eigenvalue weighted by molar-refractivity contribution is 6.01. The van der Waals surface area contributed by atoms with Gasteiger partial charge in [-0.1, -0.05) is 0 Å². The van der Waals surface area contributed by atoms with Crippen LogP contribution in [0, 0.1) is 17.1 Å². The second-order valence-electron chi connectivity index (χ2n) is 5.38. The van der Waals surface area contributed by atoms with Crippen molar-refractivity contribution in [2.45, 2.75) is 12.8 Å². The molecule has 1 aromatic heterocycles. The largest absolute Gasteiger partial charge is 0.457 e. The van der Waals surface area contributed by atoms with Crippen molar-refractivity contribution in [2.75, 3.05) is 13.1 Å². The predicted molar refractivity (Wildman–Crippen MR) is 83.5 cm³/mol. The van der Waals surface area contributed by atoms with Gasteiger partial charge in [0.05, 0.1) is 0 Å². The van der Waals surface area contributed by atoms with Gasteiger partial charge in [0.25, 0.3) is 5.91 Å². The van der Waals surface area contributed by atoms with Crippen molar-refractivity contribution in [3.8, 4) is 17.4 Å². The number of likely N-dealkylation sites (tertiary alicyclic amines) is 1. The molecule has 116 valence electrons. The molecule has 5 heteroatoms. The molecule has 3 rings (SSSR count). The fourth-order valence-corrected chi connectivity index (χ4v) is 2.57. The van der Waals surface area contributed by atoms with Gasteiger partial charge in [-0.15, -0.1) is 0 Å². The Balaban J connectivity index is 1.82. The molecule has 2 heterocycles. The Morgan fingerprint density at radius 3 is 2.52 bits per heavy atom. The SMILES string of the molecule is N#CC(=Cc1ccc(-c2ccc(F)cc2)o1)C(=O)N1CCCC1. The molecule has 1 aliphatic rings. The number of furan rings is 1. The zero-order chi connectivity index (χ0) is 16.2. The van der Waals surface area contributed by atoms with E-state index in [1.165, 1.54) is 18.2 Å². The molecule has 1 amide bonds. The third kappa shape index (κ3) is 3.32. The third-order valence-electron chi connectivity index (χ3n) is 3.79. The molecule has 0 bridgehead atoms. The number of rotatable bonds is 3. The fourth-order valence-electron chi connectivity index (χ4n) is 2.57. The lowest BCUT2D eigenvalue weighted by Gasteiger charge is -2.13. The molecule has 0 N–H and O–H groups in total. The van der Waals surface area contributed by atoms with E-state index in [2.05, 4.69) is 0 Å². The maximum absolute atomic E-state index is 12.9. The molecule has 0 saturated carbocycles. The summed E-state index contributed by atoms with van der Waals surface area (Å²) in [4.78, 5) is 13.9. The Bertz CT molecular complexity index is 778.